The van der Waals surface area contributed by atoms with Crippen LogP contribution >= 0.6 is 0 Å². The first-order valence-corrected chi connectivity index (χ1v) is 10.3. The van der Waals surface area contributed by atoms with Gasteiger partial charge in [0.05, 0.1) is 17.6 Å². The van der Waals surface area contributed by atoms with Gasteiger partial charge in [-0.2, -0.15) is 0 Å². The molecule has 150 valence electrons. The number of nitrogens with one attached hydrogen (secondary N) is 1. The third-order valence-corrected chi connectivity index (χ3v) is 6.34. The van der Waals surface area contributed by atoms with Crippen LogP contribution in [0.4, 0.5) is 0 Å². The molecule has 8 nitrogen and oxygen atoms in total. The standard InChI is InChI=1S/C21H23N5O3/c27-19-10-9-18(20(28)22-19)25-11-15-14(21(25)29)7-4-8-17(15)26-12-16(23-24-26)13-5-2-1-3-6-13/h4,7-8,12-13,18H,1-3,5-6,9-11H2,(H,22,27,28). The lowest BCUT2D eigenvalue weighted by molar-refractivity contribution is -0.136. The lowest BCUT2D eigenvalue weighted by Crippen LogP contribution is -2.52. The van der Waals surface area contributed by atoms with Gasteiger partial charge in [-0.1, -0.05) is 30.5 Å². The summed E-state index contributed by atoms with van der Waals surface area (Å²) < 4.78 is 1.75. The molecule has 1 aromatic heterocycles. The van der Waals surface area contributed by atoms with E-state index in [1.54, 1.807) is 15.6 Å². The van der Waals surface area contributed by atoms with Gasteiger partial charge in [0.1, 0.15) is 6.04 Å². The Bertz CT molecular complexity index is 992. The van der Waals surface area contributed by atoms with Gasteiger partial charge < -0.3 is 4.90 Å². The van der Waals surface area contributed by atoms with Gasteiger partial charge in [-0.25, -0.2) is 4.68 Å². The molecule has 29 heavy (non-hydrogen) atoms. The molecular formula is C21H23N5O3. The minimum absolute atomic E-state index is 0.177. The number of carbonyl (C=O) groups excluding carboxylic acids is 3. The van der Waals surface area contributed by atoms with Crippen molar-refractivity contribution >= 4 is 17.7 Å². The second-order valence-electron chi connectivity index (χ2n) is 8.13. The van der Waals surface area contributed by atoms with Gasteiger partial charge in [0, 0.05) is 30.0 Å². The lowest BCUT2D eigenvalue weighted by Gasteiger charge is -2.29. The molecule has 3 aliphatic rings. The monoisotopic (exact) mass is 393 g/mol. The number of benzene rings is 1. The molecule has 1 atom stereocenters. The molecule has 0 spiro atoms. The largest absolute Gasteiger partial charge is 0.322 e. The number of nitrogens with zero attached hydrogens (tertiary/aromatic N) is 4. The van der Waals surface area contributed by atoms with Crippen molar-refractivity contribution < 1.29 is 14.4 Å². The average Bonchev–Trinajstić information content (AvgIpc) is 3.34. The maximum atomic E-state index is 13.0. The van der Waals surface area contributed by atoms with Crippen LogP contribution in [0.1, 0.15) is 72.5 Å². The summed E-state index contributed by atoms with van der Waals surface area (Å²) in [5.74, 6) is -0.405. The summed E-state index contributed by atoms with van der Waals surface area (Å²) in [5, 5.41) is 11.1. The first-order chi connectivity index (χ1) is 14.1. The minimum Gasteiger partial charge on any atom is -0.322 e. The van der Waals surface area contributed by atoms with E-state index in [1.807, 2.05) is 18.3 Å². The van der Waals surface area contributed by atoms with Crippen molar-refractivity contribution in [3.8, 4) is 5.69 Å². The maximum absolute atomic E-state index is 13.0. The molecule has 2 aromatic rings. The molecule has 2 aliphatic heterocycles. The molecule has 0 bridgehead atoms. The zero-order chi connectivity index (χ0) is 20.0. The van der Waals surface area contributed by atoms with Crippen LogP contribution in [0.2, 0.25) is 0 Å². The van der Waals surface area contributed by atoms with E-state index in [9.17, 15) is 14.4 Å². The SMILES string of the molecule is O=C1CCC(N2Cc3c(cccc3-n3cc(C4CCCCC4)nn3)C2=O)C(=O)N1. The Morgan fingerprint density at radius 3 is 2.66 bits per heavy atom. The number of fused-ring (bicyclic) bond motifs is 1. The number of imide groups is 1. The third kappa shape index (κ3) is 3.12. The molecule has 1 N–H and O–H groups in total. The quantitative estimate of drug-likeness (QED) is 0.805. The number of aromatic nitrogens is 3. The summed E-state index contributed by atoms with van der Waals surface area (Å²) >= 11 is 0. The number of carbonyl (C=O) groups is 3. The first kappa shape index (κ1) is 18.0. The average molecular weight is 393 g/mol. The minimum atomic E-state index is -0.617. The van der Waals surface area contributed by atoms with Gasteiger partial charge in [0.25, 0.3) is 5.91 Å². The van der Waals surface area contributed by atoms with E-state index in [-0.39, 0.29) is 18.2 Å². The highest BCUT2D eigenvalue weighted by atomic mass is 16.2. The van der Waals surface area contributed by atoms with Crippen LogP contribution < -0.4 is 5.32 Å². The van der Waals surface area contributed by atoms with Gasteiger partial charge in [-0.15, -0.1) is 5.10 Å². The topological polar surface area (TPSA) is 97.2 Å². The molecule has 0 radical (unpaired) electrons. The smallest absolute Gasteiger partial charge is 0.255 e. The highest BCUT2D eigenvalue weighted by molar-refractivity contribution is 6.05. The molecule has 5 rings (SSSR count). The van der Waals surface area contributed by atoms with E-state index in [1.165, 1.54) is 19.3 Å². The molecule has 1 saturated carbocycles. The normalized spacial score (nSPS) is 22.7. The van der Waals surface area contributed by atoms with Gasteiger partial charge >= 0.3 is 0 Å². The summed E-state index contributed by atoms with van der Waals surface area (Å²) in [4.78, 5) is 38.3. The Morgan fingerprint density at radius 2 is 1.86 bits per heavy atom. The van der Waals surface area contributed by atoms with Crippen LogP contribution in [0.25, 0.3) is 5.69 Å². The van der Waals surface area contributed by atoms with E-state index in [2.05, 4.69) is 15.6 Å². The highest BCUT2D eigenvalue weighted by Gasteiger charge is 2.40. The van der Waals surface area contributed by atoms with Crippen molar-refractivity contribution in [2.24, 2.45) is 0 Å². The van der Waals surface area contributed by atoms with E-state index in [0.717, 1.165) is 29.8 Å². The van der Waals surface area contributed by atoms with Crippen molar-refractivity contribution in [3.05, 3.63) is 41.2 Å². The van der Waals surface area contributed by atoms with Crippen LogP contribution in [0.5, 0.6) is 0 Å². The van der Waals surface area contributed by atoms with Crippen LogP contribution in [0, 0.1) is 0 Å². The van der Waals surface area contributed by atoms with E-state index in [0.29, 0.717) is 24.4 Å². The number of amides is 3. The second-order valence-corrected chi connectivity index (χ2v) is 8.13. The summed E-state index contributed by atoms with van der Waals surface area (Å²) in [5.41, 5.74) is 3.26. The predicted octanol–water partition coefficient (Wildman–Crippen LogP) is 2.08. The van der Waals surface area contributed by atoms with Crippen molar-refractivity contribution in [1.82, 2.24) is 25.2 Å². The zero-order valence-electron chi connectivity index (χ0n) is 16.1. The fourth-order valence-electron chi connectivity index (χ4n) is 4.76. The number of hydrogen-bond acceptors (Lipinski definition) is 5. The van der Waals surface area contributed by atoms with Gasteiger partial charge in [-0.05, 0) is 31.4 Å². The van der Waals surface area contributed by atoms with Crippen LogP contribution in [-0.4, -0.2) is 43.7 Å². The first-order valence-electron chi connectivity index (χ1n) is 10.3. The number of hydrogen-bond donors (Lipinski definition) is 1. The molecule has 3 amide bonds. The van der Waals surface area contributed by atoms with Crippen molar-refractivity contribution in [1.29, 1.82) is 0 Å². The molecule has 1 aromatic carbocycles. The number of piperidine rings is 1. The van der Waals surface area contributed by atoms with E-state index >= 15 is 0 Å². The summed E-state index contributed by atoms with van der Waals surface area (Å²) in [6, 6.07) is 4.93. The fraction of sp³-hybridized carbons (Fsp3) is 0.476. The fourth-order valence-corrected chi connectivity index (χ4v) is 4.76. The molecule has 1 saturated heterocycles. The van der Waals surface area contributed by atoms with Gasteiger partial charge in [-0.3, -0.25) is 19.7 Å². The Balaban J connectivity index is 1.43. The number of rotatable bonds is 3. The lowest BCUT2D eigenvalue weighted by atomic mass is 9.87. The molecule has 1 unspecified atom stereocenters. The van der Waals surface area contributed by atoms with Crippen molar-refractivity contribution in [3.63, 3.8) is 0 Å². The van der Waals surface area contributed by atoms with E-state index in [4.69, 9.17) is 0 Å². The van der Waals surface area contributed by atoms with Gasteiger partial charge in [0.2, 0.25) is 11.8 Å². The molecule has 3 heterocycles. The Hall–Kier alpha value is -3.03. The van der Waals surface area contributed by atoms with Crippen LogP contribution in [0.3, 0.4) is 0 Å². The Kier molecular flexibility index (Phi) is 4.41. The summed E-state index contributed by atoms with van der Waals surface area (Å²) in [6.07, 6.45) is 8.62. The maximum Gasteiger partial charge on any atom is 0.255 e. The van der Waals surface area contributed by atoms with Crippen LogP contribution in [0.15, 0.2) is 24.4 Å². The summed E-state index contributed by atoms with van der Waals surface area (Å²) in [6.45, 7) is 0.329. The molecular weight excluding hydrogens is 370 g/mol. The summed E-state index contributed by atoms with van der Waals surface area (Å²) in [7, 11) is 0. The molecule has 1 aliphatic carbocycles. The molecule has 8 heteroatoms. The third-order valence-electron chi connectivity index (χ3n) is 6.34. The highest BCUT2D eigenvalue weighted by Crippen LogP contribution is 2.34. The van der Waals surface area contributed by atoms with Crippen molar-refractivity contribution in [2.45, 2.75) is 63.5 Å². The van der Waals surface area contributed by atoms with Gasteiger partial charge in [0.15, 0.2) is 0 Å². The molecule has 2 fully saturated rings. The Labute approximate surface area is 168 Å². The predicted molar refractivity (Wildman–Crippen MR) is 103 cm³/mol. The van der Waals surface area contributed by atoms with Crippen LogP contribution in [-0.2, 0) is 16.1 Å². The Morgan fingerprint density at radius 1 is 1.03 bits per heavy atom. The van der Waals surface area contributed by atoms with E-state index < -0.39 is 11.9 Å². The second kappa shape index (κ2) is 7.09. The zero-order valence-corrected chi connectivity index (χ0v) is 16.1. The van der Waals surface area contributed by atoms with Crippen molar-refractivity contribution in [2.75, 3.05) is 0 Å².